The molecule has 10 aromatic rings. The molecule has 4 heteroatoms. The van der Waals surface area contributed by atoms with Crippen molar-refractivity contribution in [2.75, 3.05) is 0 Å². The highest BCUT2D eigenvalue weighted by Gasteiger charge is 2.16. The van der Waals surface area contributed by atoms with Crippen LogP contribution in [0.5, 0.6) is 0 Å². The second-order valence-electron chi connectivity index (χ2n) is 13.7. The third-order valence-electron chi connectivity index (χ3n) is 10.1. The topological polar surface area (TPSA) is 51.8 Å². The van der Waals surface area contributed by atoms with Crippen LogP contribution < -0.4 is 0 Å². The molecule has 4 nitrogen and oxygen atoms in total. The fourth-order valence-corrected chi connectivity index (χ4v) is 7.30. The van der Waals surface area contributed by atoms with E-state index in [0.717, 1.165) is 60.9 Å². The molecule has 0 spiro atoms. The molecule has 0 aliphatic rings. The number of hydrogen-bond acceptors (Lipinski definition) is 4. The van der Waals surface area contributed by atoms with Crippen LogP contribution in [0.15, 0.2) is 205 Å². The van der Waals surface area contributed by atoms with E-state index in [0.29, 0.717) is 17.5 Å². The average molecular weight is 704 g/mol. The van der Waals surface area contributed by atoms with Gasteiger partial charge in [-0.05, 0) is 93.0 Å². The Morgan fingerprint density at radius 3 is 1.09 bits per heavy atom. The molecule has 2 aromatic heterocycles. The van der Waals surface area contributed by atoms with Crippen LogP contribution in [0.2, 0.25) is 0 Å². The lowest BCUT2D eigenvalue weighted by Gasteiger charge is -2.11. The van der Waals surface area contributed by atoms with Crippen molar-refractivity contribution in [2.45, 2.75) is 0 Å². The van der Waals surface area contributed by atoms with Crippen molar-refractivity contribution < 1.29 is 4.42 Å². The van der Waals surface area contributed by atoms with Gasteiger partial charge in [0.05, 0.1) is 0 Å². The minimum absolute atomic E-state index is 0.586. The molecule has 258 valence electrons. The van der Waals surface area contributed by atoms with Crippen molar-refractivity contribution in [3.05, 3.63) is 200 Å². The SMILES string of the molecule is c1ccc(-c2cc(-c3ccccc3)cc(-c3ccc4c(c3)oc3cc(-c5nc(-c6ccccc6)nc(-c6cccc(-c7ccccc7)c6)n5)ccc34)c2)cc1. The largest absolute Gasteiger partial charge is 0.456 e. The van der Waals surface area contributed by atoms with E-state index in [-0.39, 0.29) is 0 Å². The molecule has 0 fully saturated rings. The fourth-order valence-electron chi connectivity index (χ4n) is 7.30. The van der Waals surface area contributed by atoms with Crippen molar-refractivity contribution in [2.24, 2.45) is 0 Å². The summed E-state index contributed by atoms with van der Waals surface area (Å²) in [7, 11) is 0. The van der Waals surface area contributed by atoms with Crippen LogP contribution in [0.25, 0.3) is 101 Å². The zero-order chi connectivity index (χ0) is 36.6. The Hall–Kier alpha value is -7.43. The summed E-state index contributed by atoms with van der Waals surface area (Å²) in [6, 6.07) is 69.4. The summed E-state index contributed by atoms with van der Waals surface area (Å²) in [6.07, 6.45) is 0. The van der Waals surface area contributed by atoms with Crippen molar-refractivity contribution in [3.8, 4) is 78.7 Å². The number of benzene rings is 8. The zero-order valence-electron chi connectivity index (χ0n) is 29.8. The van der Waals surface area contributed by atoms with Crippen LogP contribution >= 0.6 is 0 Å². The summed E-state index contributed by atoms with van der Waals surface area (Å²) in [5, 5.41) is 2.10. The Bertz CT molecular complexity index is 2900. The lowest BCUT2D eigenvalue weighted by atomic mass is 9.93. The van der Waals surface area contributed by atoms with Gasteiger partial charge in [0, 0.05) is 27.5 Å². The second-order valence-corrected chi connectivity index (χ2v) is 13.7. The van der Waals surface area contributed by atoms with Gasteiger partial charge in [-0.2, -0.15) is 0 Å². The molecule has 10 rings (SSSR count). The molecule has 0 aliphatic heterocycles. The minimum Gasteiger partial charge on any atom is -0.456 e. The number of furan rings is 1. The third kappa shape index (κ3) is 6.36. The predicted molar refractivity (Wildman–Crippen MR) is 225 cm³/mol. The van der Waals surface area contributed by atoms with Gasteiger partial charge >= 0.3 is 0 Å². The van der Waals surface area contributed by atoms with Crippen LogP contribution in [0.1, 0.15) is 0 Å². The van der Waals surface area contributed by atoms with E-state index in [4.69, 9.17) is 19.4 Å². The molecule has 0 saturated heterocycles. The Balaban J connectivity index is 1.07. The first-order valence-corrected chi connectivity index (χ1v) is 18.4. The minimum atomic E-state index is 0.586. The van der Waals surface area contributed by atoms with Crippen LogP contribution in [0.4, 0.5) is 0 Å². The van der Waals surface area contributed by atoms with Crippen molar-refractivity contribution in [1.82, 2.24) is 15.0 Å². The molecule has 0 bridgehead atoms. The van der Waals surface area contributed by atoms with E-state index >= 15 is 0 Å². The van der Waals surface area contributed by atoms with Crippen LogP contribution in [-0.2, 0) is 0 Å². The predicted octanol–water partition coefficient (Wildman–Crippen LogP) is 13.4. The third-order valence-corrected chi connectivity index (χ3v) is 10.1. The molecular formula is C51H33N3O. The Labute approximate surface area is 319 Å². The van der Waals surface area contributed by atoms with Gasteiger partial charge in [0.25, 0.3) is 0 Å². The molecule has 0 amide bonds. The highest BCUT2D eigenvalue weighted by atomic mass is 16.3. The highest BCUT2D eigenvalue weighted by molar-refractivity contribution is 6.07. The summed E-state index contributed by atoms with van der Waals surface area (Å²) < 4.78 is 6.63. The quantitative estimate of drug-likeness (QED) is 0.166. The van der Waals surface area contributed by atoms with Gasteiger partial charge in [-0.3, -0.25) is 0 Å². The summed E-state index contributed by atoms with van der Waals surface area (Å²) in [4.78, 5) is 15.0. The molecule has 0 unspecified atom stereocenters. The molecule has 0 radical (unpaired) electrons. The maximum absolute atomic E-state index is 6.63. The zero-order valence-corrected chi connectivity index (χ0v) is 29.8. The molecule has 55 heavy (non-hydrogen) atoms. The smallest absolute Gasteiger partial charge is 0.164 e. The standard InChI is InChI=1S/C51H33N3O/c1-5-14-34(15-6-1)38-22-13-23-40(28-38)50-52-49(37-20-11-4-12-21-37)53-51(54-50)41-25-27-46-45-26-24-39(32-47(45)55-48(46)33-41)44-30-42(35-16-7-2-8-17-35)29-43(31-44)36-18-9-3-10-19-36/h1-33H. The lowest BCUT2D eigenvalue weighted by molar-refractivity contribution is 0.669. The maximum Gasteiger partial charge on any atom is 0.164 e. The first kappa shape index (κ1) is 32.2. The number of fused-ring (bicyclic) bond motifs is 3. The van der Waals surface area contributed by atoms with Gasteiger partial charge in [0.1, 0.15) is 11.2 Å². The normalized spacial score (nSPS) is 11.3. The Kier molecular flexibility index (Phi) is 8.12. The van der Waals surface area contributed by atoms with Crippen LogP contribution in [0.3, 0.4) is 0 Å². The Morgan fingerprint density at radius 1 is 0.236 bits per heavy atom. The van der Waals surface area contributed by atoms with Gasteiger partial charge in [0.15, 0.2) is 17.5 Å². The van der Waals surface area contributed by atoms with Crippen LogP contribution in [0, 0.1) is 0 Å². The van der Waals surface area contributed by atoms with E-state index in [1.54, 1.807) is 0 Å². The molecule has 0 aliphatic carbocycles. The molecule has 0 N–H and O–H groups in total. The number of hydrogen-bond donors (Lipinski definition) is 0. The van der Waals surface area contributed by atoms with Crippen LogP contribution in [-0.4, -0.2) is 15.0 Å². The molecule has 0 atom stereocenters. The summed E-state index contributed by atoms with van der Waals surface area (Å²) >= 11 is 0. The number of rotatable bonds is 7. The van der Waals surface area contributed by atoms with Crippen molar-refractivity contribution in [1.29, 1.82) is 0 Å². The highest BCUT2D eigenvalue weighted by Crippen LogP contribution is 2.38. The number of aromatic nitrogens is 3. The monoisotopic (exact) mass is 703 g/mol. The average Bonchev–Trinajstić information content (AvgIpc) is 3.64. The summed E-state index contributed by atoms with van der Waals surface area (Å²) in [5.41, 5.74) is 13.5. The van der Waals surface area contributed by atoms with Crippen molar-refractivity contribution in [3.63, 3.8) is 0 Å². The fraction of sp³-hybridized carbons (Fsp3) is 0. The molecular weight excluding hydrogens is 671 g/mol. The van der Waals surface area contributed by atoms with E-state index in [1.165, 1.54) is 22.3 Å². The van der Waals surface area contributed by atoms with E-state index in [9.17, 15) is 0 Å². The second kappa shape index (κ2) is 13.8. The van der Waals surface area contributed by atoms with Gasteiger partial charge in [0.2, 0.25) is 0 Å². The van der Waals surface area contributed by atoms with E-state index in [2.05, 4.69) is 158 Å². The summed E-state index contributed by atoms with van der Waals surface area (Å²) in [5.74, 6) is 1.82. The first-order chi connectivity index (χ1) is 27.2. The maximum atomic E-state index is 6.63. The van der Waals surface area contributed by atoms with E-state index in [1.807, 2.05) is 42.5 Å². The Morgan fingerprint density at radius 2 is 0.564 bits per heavy atom. The summed E-state index contributed by atoms with van der Waals surface area (Å²) in [6.45, 7) is 0. The molecule has 2 heterocycles. The van der Waals surface area contributed by atoms with Gasteiger partial charge in [-0.25, -0.2) is 15.0 Å². The molecule has 0 saturated carbocycles. The first-order valence-electron chi connectivity index (χ1n) is 18.4. The number of nitrogens with zero attached hydrogens (tertiary/aromatic N) is 3. The van der Waals surface area contributed by atoms with Crippen molar-refractivity contribution >= 4 is 21.9 Å². The van der Waals surface area contributed by atoms with Gasteiger partial charge in [-0.1, -0.05) is 152 Å². The van der Waals surface area contributed by atoms with E-state index < -0.39 is 0 Å². The lowest BCUT2D eigenvalue weighted by Crippen LogP contribution is -2.00. The van der Waals surface area contributed by atoms with Gasteiger partial charge < -0.3 is 4.42 Å². The van der Waals surface area contributed by atoms with Gasteiger partial charge in [-0.15, -0.1) is 0 Å². The molecule has 8 aromatic carbocycles.